The van der Waals surface area contributed by atoms with Crippen LogP contribution in [0.15, 0.2) is 23.4 Å². The summed E-state index contributed by atoms with van der Waals surface area (Å²) in [5, 5.41) is 15.2. The number of nitrogens with zero attached hydrogens (tertiary/aromatic N) is 5. The van der Waals surface area contributed by atoms with Crippen molar-refractivity contribution < 1.29 is 14.3 Å². The summed E-state index contributed by atoms with van der Waals surface area (Å²) in [6.07, 6.45) is 2.12. The van der Waals surface area contributed by atoms with Crippen LogP contribution in [0.4, 0.5) is 5.69 Å². The summed E-state index contributed by atoms with van der Waals surface area (Å²) in [7, 11) is 1.57. The molecular weight excluding hydrogens is 392 g/mol. The van der Waals surface area contributed by atoms with Crippen molar-refractivity contribution in [2.75, 3.05) is 37.9 Å². The topological polar surface area (TPSA) is 102 Å². The van der Waals surface area contributed by atoms with Crippen LogP contribution in [0.5, 0.6) is 0 Å². The number of benzene rings is 1. The molecule has 2 aromatic rings. The molecule has 2 amide bonds. The maximum absolute atomic E-state index is 12.7. The predicted octanol–water partition coefficient (Wildman–Crippen LogP) is 1.83. The number of carbonyl (C=O) groups is 2. The van der Waals surface area contributed by atoms with E-state index in [1.165, 1.54) is 16.7 Å². The molecule has 1 N–H and O–H groups in total. The highest BCUT2D eigenvalue weighted by Crippen LogP contribution is 2.36. The number of thioether (sulfide) groups is 1. The van der Waals surface area contributed by atoms with Crippen molar-refractivity contribution in [2.45, 2.75) is 37.9 Å². The first-order valence-electron chi connectivity index (χ1n) is 9.53. The molecule has 1 aromatic carbocycles. The Morgan fingerprint density at radius 2 is 2.14 bits per heavy atom. The summed E-state index contributed by atoms with van der Waals surface area (Å²) < 4.78 is 6.87. The number of carbonyl (C=O) groups excluding carboxylic acids is 2. The minimum atomic E-state index is -0.240. The molecule has 1 aliphatic carbocycles. The van der Waals surface area contributed by atoms with Gasteiger partial charge in [0, 0.05) is 19.3 Å². The number of ether oxygens (including phenoxy) is 1. The van der Waals surface area contributed by atoms with Gasteiger partial charge in [-0.1, -0.05) is 23.9 Å². The second-order valence-corrected chi connectivity index (χ2v) is 7.97. The van der Waals surface area contributed by atoms with Crippen LogP contribution in [-0.2, 0) is 14.3 Å². The number of amides is 2. The predicted molar refractivity (Wildman–Crippen MR) is 110 cm³/mol. The van der Waals surface area contributed by atoms with Crippen molar-refractivity contribution in [3.05, 3.63) is 29.3 Å². The van der Waals surface area contributed by atoms with Gasteiger partial charge in [-0.3, -0.25) is 9.59 Å². The Morgan fingerprint density at radius 1 is 1.34 bits per heavy atom. The number of methoxy groups -OCH3 is 1. The Hall–Kier alpha value is -2.46. The van der Waals surface area contributed by atoms with Crippen LogP contribution in [0.2, 0.25) is 0 Å². The average Bonchev–Trinajstić information content (AvgIpc) is 3.44. The molecule has 0 unspecified atom stereocenters. The SMILES string of the molecule is COCCN(CC(=O)Nc1cccc(C)c1C)C(=O)CSc1nnnn1C1CC1. The van der Waals surface area contributed by atoms with Crippen molar-refractivity contribution in [2.24, 2.45) is 0 Å². The van der Waals surface area contributed by atoms with E-state index in [2.05, 4.69) is 20.8 Å². The standard InChI is InChI=1S/C19H26N6O3S/c1-13-5-4-6-16(14(13)2)20-17(26)11-24(9-10-28-3)18(27)12-29-19-21-22-23-25(19)15-7-8-15/h4-6,15H,7-12H2,1-3H3,(H,20,26). The molecule has 0 atom stereocenters. The molecule has 29 heavy (non-hydrogen) atoms. The molecule has 1 aliphatic rings. The van der Waals surface area contributed by atoms with Crippen LogP contribution >= 0.6 is 11.8 Å². The van der Waals surface area contributed by atoms with Gasteiger partial charge in [-0.05, 0) is 54.3 Å². The smallest absolute Gasteiger partial charge is 0.244 e. The van der Waals surface area contributed by atoms with Crippen LogP contribution in [0, 0.1) is 13.8 Å². The van der Waals surface area contributed by atoms with Gasteiger partial charge in [-0.2, -0.15) is 0 Å². The summed E-state index contributed by atoms with van der Waals surface area (Å²) in [5.41, 5.74) is 2.87. The van der Waals surface area contributed by atoms with Crippen molar-refractivity contribution in [1.82, 2.24) is 25.1 Å². The van der Waals surface area contributed by atoms with E-state index >= 15 is 0 Å². The molecule has 0 spiro atoms. The van der Waals surface area contributed by atoms with E-state index in [0.29, 0.717) is 24.3 Å². The lowest BCUT2D eigenvalue weighted by molar-refractivity contribution is -0.133. The lowest BCUT2D eigenvalue weighted by atomic mass is 10.1. The number of tetrazole rings is 1. The minimum absolute atomic E-state index is 0.0380. The van der Waals surface area contributed by atoms with E-state index in [1.807, 2.05) is 32.0 Å². The molecule has 1 heterocycles. The van der Waals surface area contributed by atoms with Gasteiger partial charge in [-0.25, -0.2) is 4.68 Å². The van der Waals surface area contributed by atoms with Crippen molar-refractivity contribution in [3.8, 4) is 0 Å². The number of aryl methyl sites for hydroxylation is 1. The van der Waals surface area contributed by atoms with Gasteiger partial charge in [0.15, 0.2) is 0 Å². The van der Waals surface area contributed by atoms with Crippen molar-refractivity contribution in [3.63, 3.8) is 0 Å². The molecule has 9 nitrogen and oxygen atoms in total. The van der Waals surface area contributed by atoms with E-state index in [0.717, 1.165) is 29.7 Å². The normalized spacial score (nSPS) is 13.3. The number of aromatic nitrogens is 4. The van der Waals surface area contributed by atoms with Gasteiger partial charge >= 0.3 is 0 Å². The monoisotopic (exact) mass is 418 g/mol. The highest BCUT2D eigenvalue weighted by atomic mass is 32.2. The van der Waals surface area contributed by atoms with Gasteiger partial charge < -0.3 is 15.0 Å². The Morgan fingerprint density at radius 3 is 2.86 bits per heavy atom. The van der Waals surface area contributed by atoms with Gasteiger partial charge in [0.25, 0.3) is 0 Å². The molecule has 0 aliphatic heterocycles. The fourth-order valence-corrected chi connectivity index (χ4v) is 3.64. The molecule has 1 aromatic heterocycles. The number of rotatable bonds is 10. The summed E-state index contributed by atoms with van der Waals surface area (Å²) in [6.45, 7) is 4.60. The van der Waals surface area contributed by atoms with Crippen LogP contribution in [-0.4, -0.2) is 69.5 Å². The highest BCUT2D eigenvalue weighted by Gasteiger charge is 2.28. The lowest BCUT2D eigenvalue weighted by Crippen LogP contribution is -2.41. The van der Waals surface area contributed by atoms with Gasteiger partial charge in [0.1, 0.15) is 0 Å². The third-order valence-corrected chi connectivity index (χ3v) is 5.73. The van der Waals surface area contributed by atoms with Gasteiger partial charge in [0.2, 0.25) is 17.0 Å². The molecule has 156 valence electrons. The summed E-state index contributed by atoms with van der Waals surface area (Å²) in [6, 6.07) is 6.09. The van der Waals surface area contributed by atoms with Crippen LogP contribution < -0.4 is 5.32 Å². The number of hydrogen-bond donors (Lipinski definition) is 1. The first-order chi connectivity index (χ1) is 14.0. The third kappa shape index (κ3) is 5.77. The van der Waals surface area contributed by atoms with E-state index in [1.54, 1.807) is 11.8 Å². The first-order valence-corrected chi connectivity index (χ1v) is 10.5. The molecule has 10 heteroatoms. The molecule has 1 saturated carbocycles. The van der Waals surface area contributed by atoms with E-state index in [-0.39, 0.29) is 24.1 Å². The maximum atomic E-state index is 12.7. The second-order valence-electron chi connectivity index (χ2n) is 7.03. The summed E-state index contributed by atoms with van der Waals surface area (Å²) in [5.74, 6) is -0.238. The van der Waals surface area contributed by atoms with Crippen molar-refractivity contribution >= 4 is 29.3 Å². The largest absolute Gasteiger partial charge is 0.383 e. The lowest BCUT2D eigenvalue weighted by Gasteiger charge is -2.22. The second kappa shape index (κ2) is 9.84. The van der Waals surface area contributed by atoms with Crippen LogP contribution in [0.25, 0.3) is 0 Å². The molecular formula is C19H26N6O3S. The first kappa shape index (κ1) is 21.3. The van der Waals surface area contributed by atoms with Crippen molar-refractivity contribution in [1.29, 1.82) is 0 Å². The zero-order valence-corrected chi connectivity index (χ0v) is 17.7. The third-order valence-electron chi connectivity index (χ3n) is 4.81. The average molecular weight is 419 g/mol. The van der Waals surface area contributed by atoms with E-state index in [4.69, 9.17) is 4.74 Å². The number of nitrogens with one attached hydrogen (secondary N) is 1. The fraction of sp³-hybridized carbons (Fsp3) is 0.526. The molecule has 1 fully saturated rings. The fourth-order valence-electron chi connectivity index (χ4n) is 2.79. The molecule has 3 rings (SSSR count). The number of anilines is 1. The number of hydrogen-bond acceptors (Lipinski definition) is 7. The minimum Gasteiger partial charge on any atom is -0.383 e. The van der Waals surface area contributed by atoms with E-state index < -0.39 is 0 Å². The Kier molecular flexibility index (Phi) is 7.21. The van der Waals surface area contributed by atoms with Gasteiger partial charge in [0.05, 0.1) is 24.9 Å². The van der Waals surface area contributed by atoms with Crippen LogP contribution in [0.1, 0.15) is 30.0 Å². The summed E-state index contributed by atoms with van der Waals surface area (Å²) >= 11 is 1.29. The van der Waals surface area contributed by atoms with Crippen LogP contribution in [0.3, 0.4) is 0 Å². The zero-order chi connectivity index (χ0) is 20.8. The Bertz CT molecular complexity index is 867. The molecule has 0 radical (unpaired) electrons. The quantitative estimate of drug-likeness (QED) is 0.587. The maximum Gasteiger partial charge on any atom is 0.244 e. The van der Waals surface area contributed by atoms with E-state index in [9.17, 15) is 9.59 Å². The Balaban J connectivity index is 1.58. The summed E-state index contributed by atoms with van der Waals surface area (Å²) in [4.78, 5) is 26.8. The molecule has 0 saturated heterocycles. The van der Waals surface area contributed by atoms with Gasteiger partial charge in [-0.15, -0.1) is 5.10 Å². The highest BCUT2D eigenvalue weighted by molar-refractivity contribution is 7.99. The zero-order valence-electron chi connectivity index (χ0n) is 16.9. The Labute approximate surface area is 174 Å². The molecule has 0 bridgehead atoms.